The zero-order chi connectivity index (χ0) is 32.2. The van der Waals surface area contributed by atoms with E-state index in [1.165, 1.54) is 12.1 Å². The number of amides is 2. The molecule has 0 aliphatic rings. The van der Waals surface area contributed by atoms with Gasteiger partial charge in [0, 0.05) is 11.6 Å². The third-order valence-corrected chi connectivity index (χ3v) is 8.53. The van der Waals surface area contributed by atoms with Crippen molar-refractivity contribution in [1.29, 1.82) is 0 Å². The van der Waals surface area contributed by atoms with Gasteiger partial charge in [-0.1, -0.05) is 121 Å². The van der Waals surface area contributed by atoms with E-state index in [0.29, 0.717) is 22.7 Å². The van der Waals surface area contributed by atoms with Crippen LogP contribution in [0.1, 0.15) is 40.9 Å². The maximum absolute atomic E-state index is 14.1. The normalized spacial score (nSPS) is 12.0. The number of urea groups is 1. The van der Waals surface area contributed by atoms with Crippen molar-refractivity contribution < 1.29 is 9.18 Å². The SMILES string of the molecule is C[C@@H](NC(=O)Nc1cc2[nH]nc(-c3ccc(F)cc3)c2c(C(c2ccccc2)(c2ccccc2)c2ccccc2)n1)c1ccccc1. The Morgan fingerprint density at radius 1 is 0.723 bits per heavy atom. The van der Waals surface area contributed by atoms with Crippen LogP contribution in [0.4, 0.5) is 15.0 Å². The van der Waals surface area contributed by atoms with Crippen LogP contribution < -0.4 is 10.6 Å². The first-order valence-corrected chi connectivity index (χ1v) is 15.5. The van der Waals surface area contributed by atoms with E-state index in [0.717, 1.165) is 33.2 Å². The number of halogens is 1. The highest BCUT2D eigenvalue weighted by Gasteiger charge is 2.42. The number of benzene rings is 5. The average molecular weight is 618 g/mol. The minimum atomic E-state index is -0.938. The summed E-state index contributed by atoms with van der Waals surface area (Å²) in [6.45, 7) is 1.94. The van der Waals surface area contributed by atoms with Gasteiger partial charge in [-0.2, -0.15) is 5.10 Å². The Morgan fingerprint density at radius 3 is 1.77 bits per heavy atom. The fourth-order valence-corrected chi connectivity index (χ4v) is 6.35. The quantitative estimate of drug-likeness (QED) is 0.149. The number of aromatic nitrogens is 3. The maximum atomic E-state index is 14.1. The van der Waals surface area contributed by atoms with Crippen LogP contribution in [0.2, 0.25) is 0 Å². The van der Waals surface area contributed by atoms with Crippen LogP contribution in [-0.2, 0) is 5.41 Å². The fourth-order valence-electron chi connectivity index (χ4n) is 6.35. The van der Waals surface area contributed by atoms with Crippen molar-refractivity contribution >= 4 is 22.8 Å². The predicted octanol–water partition coefficient (Wildman–Crippen LogP) is 9.03. The molecule has 0 bridgehead atoms. The highest BCUT2D eigenvalue weighted by Crippen LogP contribution is 2.48. The van der Waals surface area contributed by atoms with E-state index in [1.807, 2.05) is 91.9 Å². The fraction of sp³-hybridized carbons (Fsp3) is 0.0750. The highest BCUT2D eigenvalue weighted by atomic mass is 19.1. The summed E-state index contributed by atoms with van der Waals surface area (Å²) >= 11 is 0. The van der Waals surface area contributed by atoms with Crippen molar-refractivity contribution in [2.75, 3.05) is 5.32 Å². The van der Waals surface area contributed by atoms with Gasteiger partial charge in [0.05, 0.1) is 28.1 Å². The molecule has 2 heterocycles. The van der Waals surface area contributed by atoms with Gasteiger partial charge in [-0.15, -0.1) is 0 Å². The number of rotatable bonds is 8. The first kappa shape index (κ1) is 29.6. The Hall–Kier alpha value is -6.08. The Bertz CT molecular complexity index is 2020. The van der Waals surface area contributed by atoms with Gasteiger partial charge in [0.25, 0.3) is 0 Å². The van der Waals surface area contributed by atoms with Gasteiger partial charge in [0.15, 0.2) is 0 Å². The number of nitrogens with zero attached hydrogens (tertiary/aromatic N) is 2. The number of hydrogen-bond donors (Lipinski definition) is 3. The van der Waals surface area contributed by atoms with Crippen LogP contribution in [0, 0.1) is 5.82 Å². The van der Waals surface area contributed by atoms with Gasteiger partial charge in [-0.3, -0.25) is 10.4 Å². The molecule has 47 heavy (non-hydrogen) atoms. The first-order valence-electron chi connectivity index (χ1n) is 15.5. The maximum Gasteiger partial charge on any atom is 0.320 e. The largest absolute Gasteiger partial charge is 0.331 e. The minimum absolute atomic E-state index is 0.228. The first-order chi connectivity index (χ1) is 23.0. The second kappa shape index (κ2) is 12.7. The van der Waals surface area contributed by atoms with E-state index in [1.54, 1.807) is 18.2 Å². The van der Waals surface area contributed by atoms with Crippen LogP contribution in [0.3, 0.4) is 0 Å². The summed E-state index contributed by atoms with van der Waals surface area (Å²) in [6, 6.07) is 47.9. The lowest BCUT2D eigenvalue weighted by molar-refractivity contribution is 0.249. The molecule has 6 nitrogen and oxygen atoms in total. The zero-order valence-corrected chi connectivity index (χ0v) is 25.7. The Morgan fingerprint density at radius 2 is 1.23 bits per heavy atom. The Labute approximate surface area is 272 Å². The van der Waals surface area contributed by atoms with Crippen molar-refractivity contribution in [3.8, 4) is 11.3 Å². The summed E-state index contributed by atoms with van der Waals surface area (Å²) in [6.07, 6.45) is 0. The number of hydrogen-bond acceptors (Lipinski definition) is 3. The number of carbonyl (C=O) groups excluding carboxylic acids is 1. The summed E-state index contributed by atoms with van der Waals surface area (Å²) in [7, 11) is 0. The molecule has 0 radical (unpaired) electrons. The monoisotopic (exact) mass is 617 g/mol. The molecule has 230 valence electrons. The highest BCUT2D eigenvalue weighted by molar-refractivity contribution is 5.99. The molecule has 5 aromatic carbocycles. The molecule has 0 unspecified atom stereocenters. The predicted molar refractivity (Wildman–Crippen MR) is 185 cm³/mol. The number of carbonyl (C=O) groups is 1. The van der Waals surface area contributed by atoms with E-state index >= 15 is 0 Å². The van der Waals surface area contributed by atoms with Crippen molar-refractivity contribution in [3.05, 3.63) is 185 Å². The number of H-pyrrole nitrogens is 1. The van der Waals surface area contributed by atoms with Gasteiger partial charge in [-0.25, -0.2) is 14.2 Å². The van der Waals surface area contributed by atoms with E-state index in [2.05, 4.69) is 52.1 Å². The van der Waals surface area contributed by atoms with Gasteiger partial charge in [0.1, 0.15) is 17.3 Å². The van der Waals surface area contributed by atoms with Crippen LogP contribution in [0.25, 0.3) is 22.2 Å². The standard InChI is InChI=1S/C40H32FN5O/c1-27(28-14-6-2-7-15-28)42-39(47)44-35-26-34-36(37(46-45-34)29-22-24-33(41)25-23-29)38(43-35)40(30-16-8-3-9-17-30,31-18-10-4-11-19-31)32-20-12-5-13-21-32/h2-27H,1H3,(H,45,46)(H2,42,43,44,47)/t27-/m1/s1. The smallest absolute Gasteiger partial charge is 0.320 e. The lowest BCUT2D eigenvalue weighted by Crippen LogP contribution is -2.34. The second-order valence-corrected chi connectivity index (χ2v) is 11.4. The Balaban J connectivity index is 1.49. The Kier molecular flexibility index (Phi) is 8.02. The number of pyridine rings is 1. The summed E-state index contributed by atoms with van der Waals surface area (Å²) in [4.78, 5) is 18.7. The molecule has 0 aliphatic heterocycles. The lowest BCUT2D eigenvalue weighted by atomic mass is 9.66. The van der Waals surface area contributed by atoms with Gasteiger partial charge in [-0.05, 0) is 53.4 Å². The topological polar surface area (TPSA) is 82.7 Å². The van der Waals surface area contributed by atoms with Gasteiger partial charge < -0.3 is 5.32 Å². The zero-order valence-electron chi connectivity index (χ0n) is 25.7. The molecule has 2 aromatic heterocycles. The molecule has 7 aromatic rings. The van der Waals surface area contributed by atoms with Gasteiger partial charge in [0.2, 0.25) is 0 Å². The molecule has 0 spiro atoms. The number of aromatic amines is 1. The minimum Gasteiger partial charge on any atom is -0.331 e. The summed E-state index contributed by atoms with van der Waals surface area (Å²) in [5, 5.41) is 14.7. The number of anilines is 1. The molecule has 2 amide bonds. The van der Waals surface area contributed by atoms with E-state index in [4.69, 9.17) is 10.1 Å². The third-order valence-electron chi connectivity index (χ3n) is 8.53. The van der Waals surface area contributed by atoms with Crippen molar-refractivity contribution in [3.63, 3.8) is 0 Å². The van der Waals surface area contributed by atoms with E-state index in [-0.39, 0.29) is 17.9 Å². The summed E-state index contributed by atoms with van der Waals surface area (Å²) in [5.41, 5.74) is 5.70. The van der Waals surface area contributed by atoms with Crippen LogP contribution in [0.5, 0.6) is 0 Å². The van der Waals surface area contributed by atoms with Crippen LogP contribution >= 0.6 is 0 Å². The molecule has 7 heteroatoms. The van der Waals surface area contributed by atoms with Crippen LogP contribution in [-0.4, -0.2) is 21.2 Å². The van der Waals surface area contributed by atoms with Crippen molar-refractivity contribution in [2.45, 2.75) is 18.4 Å². The van der Waals surface area contributed by atoms with Crippen molar-refractivity contribution in [2.24, 2.45) is 0 Å². The summed E-state index contributed by atoms with van der Waals surface area (Å²) < 4.78 is 14.1. The van der Waals surface area contributed by atoms with Crippen LogP contribution in [0.15, 0.2) is 152 Å². The second-order valence-electron chi connectivity index (χ2n) is 11.4. The molecule has 7 rings (SSSR count). The van der Waals surface area contributed by atoms with E-state index in [9.17, 15) is 9.18 Å². The number of nitrogens with one attached hydrogen (secondary N) is 3. The molecule has 1 atom stereocenters. The molecule has 0 fully saturated rings. The molecule has 0 saturated heterocycles. The molecular weight excluding hydrogens is 585 g/mol. The number of fused-ring (bicyclic) bond motifs is 1. The molecule has 0 saturated carbocycles. The van der Waals surface area contributed by atoms with Crippen molar-refractivity contribution in [1.82, 2.24) is 20.5 Å². The lowest BCUT2D eigenvalue weighted by Gasteiger charge is -2.36. The van der Waals surface area contributed by atoms with E-state index < -0.39 is 5.41 Å². The molecule has 0 aliphatic carbocycles. The summed E-state index contributed by atoms with van der Waals surface area (Å²) in [5.74, 6) is 0.0214. The van der Waals surface area contributed by atoms with Gasteiger partial charge >= 0.3 is 6.03 Å². The molecule has 3 N–H and O–H groups in total. The third kappa shape index (κ3) is 5.64. The average Bonchev–Trinajstić information content (AvgIpc) is 3.55. The molecular formula is C40H32FN5O.